The van der Waals surface area contributed by atoms with Gasteiger partial charge in [0.2, 0.25) is 11.8 Å². The van der Waals surface area contributed by atoms with Gasteiger partial charge in [-0.25, -0.2) is 0 Å². The summed E-state index contributed by atoms with van der Waals surface area (Å²) in [6.45, 7) is 4.73. The number of amides is 2. The van der Waals surface area contributed by atoms with Crippen LogP contribution in [-0.2, 0) is 14.4 Å². The lowest BCUT2D eigenvalue weighted by molar-refractivity contribution is -0.133. The van der Waals surface area contributed by atoms with E-state index in [-0.39, 0.29) is 18.1 Å². The van der Waals surface area contributed by atoms with E-state index in [0.717, 1.165) is 19.3 Å². The number of hydrogen-bond acceptors (Lipinski definition) is 5. The van der Waals surface area contributed by atoms with Crippen molar-refractivity contribution >= 4 is 17.6 Å². The number of Topliss-reactive ketones (excluding diaryl/α,β-unsaturated/α-hetero) is 1. The maximum atomic E-state index is 12.3. The summed E-state index contributed by atoms with van der Waals surface area (Å²) in [6.07, 6.45) is 15.4. The Bertz CT molecular complexity index is 511. The number of aliphatic hydroxyl groups excluding tert-OH is 2. The Morgan fingerprint density at radius 3 is 1.62 bits per heavy atom. The highest BCUT2D eigenvalue weighted by molar-refractivity contribution is 5.93. The third-order valence-electron chi connectivity index (χ3n) is 5.82. The number of hydrogen-bond donors (Lipinski definition) is 4. The molecule has 0 aromatic rings. The number of aliphatic hydroxyl groups is 2. The van der Waals surface area contributed by atoms with E-state index >= 15 is 0 Å². The van der Waals surface area contributed by atoms with Crippen molar-refractivity contribution in [1.82, 2.24) is 10.6 Å². The molecular formula is C25H48N2O5. The minimum Gasteiger partial charge on any atom is -0.394 e. The van der Waals surface area contributed by atoms with E-state index in [1.165, 1.54) is 71.1 Å². The molecule has 0 radical (unpaired) electrons. The van der Waals surface area contributed by atoms with Crippen molar-refractivity contribution in [3.05, 3.63) is 0 Å². The lowest BCUT2D eigenvalue weighted by Crippen LogP contribution is -2.55. The van der Waals surface area contributed by atoms with Crippen molar-refractivity contribution in [2.24, 2.45) is 0 Å². The van der Waals surface area contributed by atoms with Gasteiger partial charge in [-0.05, 0) is 13.3 Å². The van der Waals surface area contributed by atoms with Gasteiger partial charge in [0.05, 0.1) is 12.7 Å². The lowest BCUT2D eigenvalue weighted by Gasteiger charge is -2.23. The molecule has 7 nitrogen and oxygen atoms in total. The molecule has 4 N–H and O–H groups in total. The first-order valence-electron chi connectivity index (χ1n) is 12.8. The van der Waals surface area contributed by atoms with Crippen LogP contribution in [0.25, 0.3) is 0 Å². The summed E-state index contributed by atoms with van der Waals surface area (Å²) >= 11 is 0. The number of ketones is 1. The van der Waals surface area contributed by atoms with Gasteiger partial charge in [-0.2, -0.15) is 0 Å². The maximum Gasteiger partial charge on any atom is 0.245 e. The molecule has 2 amide bonds. The average Bonchev–Trinajstić information content (AvgIpc) is 2.77. The summed E-state index contributed by atoms with van der Waals surface area (Å²) in [5.41, 5.74) is 0. The minimum atomic E-state index is -1.13. The predicted octanol–water partition coefficient (Wildman–Crippen LogP) is 3.79. The minimum absolute atomic E-state index is 0.172. The molecular weight excluding hydrogens is 408 g/mol. The van der Waals surface area contributed by atoms with Crippen molar-refractivity contribution < 1.29 is 24.6 Å². The maximum absolute atomic E-state index is 12.3. The highest BCUT2D eigenvalue weighted by Crippen LogP contribution is 2.13. The molecule has 188 valence electrons. The van der Waals surface area contributed by atoms with Crippen LogP contribution < -0.4 is 10.6 Å². The molecule has 3 atom stereocenters. The Morgan fingerprint density at radius 1 is 0.750 bits per heavy atom. The summed E-state index contributed by atoms with van der Waals surface area (Å²) in [7, 11) is 0. The van der Waals surface area contributed by atoms with Crippen molar-refractivity contribution in [2.45, 2.75) is 135 Å². The monoisotopic (exact) mass is 456 g/mol. The summed E-state index contributed by atoms with van der Waals surface area (Å²) in [6, 6.07) is -2.17. The Morgan fingerprint density at radius 2 is 1.22 bits per heavy atom. The van der Waals surface area contributed by atoms with E-state index in [0.29, 0.717) is 6.42 Å². The summed E-state index contributed by atoms with van der Waals surface area (Å²) in [5, 5.41) is 24.1. The molecule has 0 fully saturated rings. The molecule has 0 unspecified atom stereocenters. The lowest BCUT2D eigenvalue weighted by atomic mass is 10.0. The number of unbranched alkanes of at least 4 members (excludes halogenated alkanes) is 12. The van der Waals surface area contributed by atoms with Crippen LogP contribution in [0.3, 0.4) is 0 Å². The van der Waals surface area contributed by atoms with Gasteiger partial charge in [0.1, 0.15) is 12.1 Å². The van der Waals surface area contributed by atoms with Crippen LogP contribution >= 0.6 is 0 Å². The van der Waals surface area contributed by atoms with E-state index in [4.69, 9.17) is 0 Å². The Labute approximate surface area is 195 Å². The fourth-order valence-corrected chi connectivity index (χ4v) is 3.71. The molecule has 0 aromatic carbocycles. The third kappa shape index (κ3) is 15.4. The first-order chi connectivity index (χ1) is 15.4. The van der Waals surface area contributed by atoms with Crippen LogP contribution in [-0.4, -0.2) is 52.6 Å². The molecule has 0 spiro atoms. The van der Waals surface area contributed by atoms with E-state index < -0.39 is 30.7 Å². The number of carbonyl (C=O) groups is 3. The van der Waals surface area contributed by atoms with E-state index in [1.807, 2.05) is 0 Å². The molecule has 0 aliphatic carbocycles. The SMILES string of the molecule is CCCCCCCCCCCCCCCC(=O)N[C@@H](CO)C(=O)N[C@H](C(=O)CC)[C@@H](C)O. The van der Waals surface area contributed by atoms with Crippen LogP contribution in [0.2, 0.25) is 0 Å². The quantitative estimate of drug-likeness (QED) is 0.196. The molecule has 0 bridgehead atoms. The van der Waals surface area contributed by atoms with Gasteiger partial charge in [0.25, 0.3) is 0 Å². The Balaban J connectivity index is 3.90. The first kappa shape index (κ1) is 30.5. The van der Waals surface area contributed by atoms with Gasteiger partial charge in [-0.15, -0.1) is 0 Å². The molecule has 0 aliphatic rings. The zero-order valence-electron chi connectivity index (χ0n) is 20.7. The van der Waals surface area contributed by atoms with Crippen molar-refractivity contribution in [1.29, 1.82) is 0 Å². The highest BCUT2D eigenvalue weighted by atomic mass is 16.3. The third-order valence-corrected chi connectivity index (χ3v) is 5.82. The fourth-order valence-electron chi connectivity index (χ4n) is 3.71. The number of carbonyl (C=O) groups excluding carboxylic acids is 3. The Hall–Kier alpha value is -1.47. The topological polar surface area (TPSA) is 116 Å². The van der Waals surface area contributed by atoms with E-state index in [2.05, 4.69) is 17.6 Å². The van der Waals surface area contributed by atoms with Crippen LogP contribution in [0, 0.1) is 0 Å². The second kappa shape index (κ2) is 20.2. The second-order valence-corrected chi connectivity index (χ2v) is 8.84. The highest BCUT2D eigenvalue weighted by Gasteiger charge is 2.28. The molecule has 32 heavy (non-hydrogen) atoms. The van der Waals surface area contributed by atoms with Crippen molar-refractivity contribution in [3.8, 4) is 0 Å². The van der Waals surface area contributed by atoms with Crippen LogP contribution in [0.4, 0.5) is 0 Å². The molecule has 0 saturated carbocycles. The van der Waals surface area contributed by atoms with E-state index in [9.17, 15) is 24.6 Å². The second-order valence-electron chi connectivity index (χ2n) is 8.84. The summed E-state index contributed by atoms with van der Waals surface area (Å²) in [4.78, 5) is 36.2. The van der Waals surface area contributed by atoms with Gasteiger partial charge in [0.15, 0.2) is 5.78 Å². The molecule has 0 aromatic heterocycles. The average molecular weight is 457 g/mol. The number of rotatable bonds is 21. The van der Waals surface area contributed by atoms with Gasteiger partial charge in [-0.3, -0.25) is 14.4 Å². The van der Waals surface area contributed by atoms with Gasteiger partial charge in [-0.1, -0.05) is 90.9 Å². The molecule has 7 heteroatoms. The fraction of sp³-hybridized carbons (Fsp3) is 0.880. The van der Waals surface area contributed by atoms with Gasteiger partial charge < -0.3 is 20.8 Å². The van der Waals surface area contributed by atoms with Crippen LogP contribution in [0.1, 0.15) is 117 Å². The zero-order valence-corrected chi connectivity index (χ0v) is 20.7. The summed E-state index contributed by atoms with van der Waals surface area (Å²) in [5.74, 6) is -1.26. The van der Waals surface area contributed by atoms with E-state index in [1.54, 1.807) is 6.92 Å². The van der Waals surface area contributed by atoms with Crippen LogP contribution in [0.5, 0.6) is 0 Å². The number of nitrogens with one attached hydrogen (secondary N) is 2. The van der Waals surface area contributed by atoms with Gasteiger partial charge in [0, 0.05) is 12.8 Å². The largest absolute Gasteiger partial charge is 0.394 e. The predicted molar refractivity (Wildman–Crippen MR) is 128 cm³/mol. The van der Waals surface area contributed by atoms with Gasteiger partial charge >= 0.3 is 0 Å². The smallest absolute Gasteiger partial charge is 0.245 e. The standard InChI is InChI=1S/C25H48N2O5/c1-4-6-7-8-9-10-11-12-13-14-15-16-17-18-23(31)26-21(19-28)25(32)27-24(20(3)29)22(30)5-2/h20-21,24,28-29H,4-19H2,1-3H3,(H,26,31)(H,27,32)/t20-,21+,24+/m1/s1. The summed E-state index contributed by atoms with van der Waals surface area (Å²) < 4.78 is 0. The zero-order chi connectivity index (χ0) is 24.2. The molecule has 0 rings (SSSR count). The molecule has 0 heterocycles. The molecule has 0 aliphatic heterocycles. The Kier molecular flexibility index (Phi) is 19.2. The molecule has 0 saturated heterocycles. The first-order valence-corrected chi connectivity index (χ1v) is 12.8. The van der Waals surface area contributed by atoms with Crippen LogP contribution in [0.15, 0.2) is 0 Å². The van der Waals surface area contributed by atoms with Crippen molar-refractivity contribution in [2.75, 3.05) is 6.61 Å². The normalized spacial score (nSPS) is 13.9. The van der Waals surface area contributed by atoms with Crippen molar-refractivity contribution in [3.63, 3.8) is 0 Å².